The molecule has 0 saturated heterocycles. The topological polar surface area (TPSA) is 26.0 Å². The summed E-state index contributed by atoms with van der Waals surface area (Å²) in [5, 5.41) is 0. The summed E-state index contributed by atoms with van der Waals surface area (Å²) in [6.07, 6.45) is 11.0. The smallest absolute Gasteiger partial charge is 0.0261 e. The number of hydrogen-bond acceptors (Lipinski definition) is 1. The molecule has 0 amide bonds. The van der Waals surface area contributed by atoms with E-state index >= 15 is 0 Å². The fourth-order valence-corrected chi connectivity index (χ4v) is 2.62. The lowest BCUT2D eigenvalue weighted by Gasteiger charge is -2.19. The number of nitrogens with two attached hydrogens (primary N) is 1. The summed E-state index contributed by atoms with van der Waals surface area (Å²) in [6.45, 7) is 0. The van der Waals surface area contributed by atoms with E-state index in [2.05, 4.69) is 22.6 Å². The van der Waals surface area contributed by atoms with Crippen molar-refractivity contribution in [3.8, 4) is 0 Å². The maximum atomic E-state index is 6.06. The molecule has 1 aliphatic carbocycles. The first-order chi connectivity index (χ1) is 5.80. The first kappa shape index (κ1) is 10.8. The molecule has 12 heavy (non-hydrogen) atoms. The van der Waals surface area contributed by atoms with Crippen LogP contribution in [0.4, 0.5) is 0 Å². The van der Waals surface area contributed by atoms with E-state index in [1.165, 1.54) is 51.4 Å². The molecule has 0 bridgehead atoms. The van der Waals surface area contributed by atoms with E-state index in [-0.39, 0.29) is 0 Å². The Balaban J connectivity index is 2.26. The molecule has 0 aromatic rings. The van der Waals surface area contributed by atoms with Gasteiger partial charge in [0.2, 0.25) is 0 Å². The first-order valence-electron chi connectivity index (χ1n) is 5.20. The Kier molecular flexibility index (Phi) is 5.56. The molecule has 2 heteroatoms. The molecule has 1 saturated carbocycles. The number of rotatable bonds is 0. The first-order valence-corrected chi connectivity index (χ1v) is 6.45. The molecule has 2 atom stereocenters. The second kappa shape index (κ2) is 6.19. The molecule has 0 heterocycles. The molecule has 0 aromatic heterocycles. The van der Waals surface area contributed by atoms with Gasteiger partial charge in [-0.15, -0.1) is 0 Å². The minimum Gasteiger partial charge on any atom is -0.327 e. The number of alkyl halides is 1. The molecule has 1 rings (SSSR count). The maximum absolute atomic E-state index is 6.06. The van der Waals surface area contributed by atoms with Crippen LogP contribution >= 0.6 is 22.6 Å². The van der Waals surface area contributed by atoms with Crippen LogP contribution in [0.25, 0.3) is 0 Å². The monoisotopic (exact) mass is 281 g/mol. The second-order valence-electron chi connectivity index (χ2n) is 3.88. The van der Waals surface area contributed by atoms with Crippen LogP contribution in [0, 0.1) is 0 Å². The van der Waals surface area contributed by atoms with E-state index in [1.807, 2.05) is 0 Å². The van der Waals surface area contributed by atoms with Crippen molar-refractivity contribution < 1.29 is 0 Å². The molecule has 0 radical (unpaired) electrons. The lowest BCUT2D eigenvalue weighted by molar-refractivity contribution is 0.477. The van der Waals surface area contributed by atoms with E-state index in [1.54, 1.807) is 0 Å². The van der Waals surface area contributed by atoms with E-state index in [4.69, 9.17) is 5.73 Å². The molecule has 1 nitrogen and oxygen atoms in total. The summed E-state index contributed by atoms with van der Waals surface area (Å²) in [6, 6.07) is 0.462. The Bertz CT molecular complexity index is 102. The van der Waals surface area contributed by atoms with Crippen molar-refractivity contribution in [2.24, 2.45) is 5.73 Å². The molecule has 0 spiro atoms. The van der Waals surface area contributed by atoms with Gasteiger partial charge in [-0.3, -0.25) is 0 Å². The van der Waals surface area contributed by atoms with Crippen LogP contribution in [-0.2, 0) is 0 Å². The van der Waals surface area contributed by atoms with Crippen molar-refractivity contribution in [2.75, 3.05) is 0 Å². The molecule has 1 unspecified atom stereocenters. The SMILES string of the molecule is N[C@H]1CCCCCCCCC1I. The molecule has 0 aliphatic heterocycles. The van der Waals surface area contributed by atoms with Gasteiger partial charge in [-0.2, -0.15) is 0 Å². The summed E-state index contributed by atoms with van der Waals surface area (Å²) in [5.74, 6) is 0. The van der Waals surface area contributed by atoms with Crippen molar-refractivity contribution >= 4 is 22.6 Å². The van der Waals surface area contributed by atoms with Gasteiger partial charge >= 0.3 is 0 Å². The molecule has 2 N–H and O–H groups in total. The van der Waals surface area contributed by atoms with Gasteiger partial charge in [0, 0.05) is 9.97 Å². The standard InChI is InChI=1S/C10H20IN/c11-9-7-5-3-1-2-4-6-8-10(9)12/h9-10H,1-8,12H2/t9?,10-/m0/s1. The molecule has 0 aromatic carbocycles. The Morgan fingerprint density at radius 2 is 1.33 bits per heavy atom. The zero-order valence-corrected chi connectivity index (χ0v) is 9.92. The van der Waals surface area contributed by atoms with Gasteiger partial charge in [0.15, 0.2) is 0 Å². The van der Waals surface area contributed by atoms with Gasteiger partial charge in [0.1, 0.15) is 0 Å². The molecular weight excluding hydrogens is 261 g/mol. The highest BCUT2D eigenvalue weighted by Crippen LogP contribution is 2.21. The van der Waals surface area contributed by atoms with Crippen LogP contribution in [0.15, 0.2) is 0 Å². The third-order valence-corrected chi connectivity index (χ3v) is 4.28. The van der Waals surface area contributed by atoms with Crippen LogP contribution < -0.4 is 5.73 Å². The van der Waals surface area contributed by atoms with Crippen molar-refractivity contribution in [2.45, 2.75) is 61.3 Å². The predicted octanol–water partition coefficient (Wildman–Crippen LogP) is 3.25. The van der Waals surface area contributed by atoms with E-state index in [0.717, 1.165) is 3.92 Å². The average molecular weight is 281 g/mol. The van der Waals surface area contributed by atoms with Crippen LogP contribution in [0.3, 0.4) is 0 Å². The second-order valence-corrected chi connectivity index (χ2v) is 5.48. The number of hydrogen-bond donors (Lipinski definition) is 1. The largest absolute Gasteiger partial charge is 0.327 e. The Morgan fingerprint density at radius 3 is 2.00 bits per heavy atom. The van der Waals surface area contributed by atoms with Gasteiger partial charge in [0.05, 0.1) is 0 Å². The molecule has 1 aliphatic rings. The quantitative estimate of drug-likeness (QED) is 0.535. The summed E-state index contributed by atoms with van der Waals surface area (Å²) in [5.41, 5.74) is 6.06. The van der Waals surface area contributed by atoms with Crippen LogP contribution in [0.5, 0.6) is 0 Å². The van der Waals surface area contributed by atoms with Crippen LogP contribution in [-0.4, -0.2) is 9.97 Å². The highest BCUT2D eigenvalue weighted by Gasteiger charge is 2.14. The van der Waals surface area contributed by atoms with Gasteiger partial charge in [-0.25, -0.2) is 0 Å². The highest BCUT2D eigenvalue weighted by molar-refractivity contribution is 14.1. The minimum atomic E-state index is 0.462. The van der Waals surface area contributed by atoms with Crippen molar-refractivity contribution in [1.82, 2.24) is 0 Å². The summed E-state index contributed by atoms with van der Waals surface area (Å²) in [7, 11) is 0. The predicted molar refractivity (Wildman–Crippen MR) is 62.7 cm³/mol. The lowest BCUT2D eigenvalue weighted by atomic mass is 9.98. The maximum Gasteiger partial charge on any atom is 0.0261 e. The van der Waals surface area contributed by atoms with Gasteiger partial charge in [0.25, 0.3) is 0 Å². The summed E-state index contributed by atoms with van der Waals surface area (Å²) >= 11 is 2.53. The zero-order chi connectivity index (χ0) is 8.81. The van der Waals surface area contributed by atoms with Crippen molar-refractivity contribution in [3.63, 3.8) is 0 Å². The van der Waals surface area contributed by atoms with E-state index in [9.17, 15) is 0 Å². The molecular formula is C10H20IN. The van der Waals surface area contributed by atoms with Crippen LogP contribution in [0.1, 0.15) is 51.4 Å². The van der Waals surface area contributed by atoms with E-state index in [0.29, 0.717) is 6.04 Å². The molecule has 72 valence electrons. The van der Waals surface area contributed by atoms with E-state index < -0.39 is 0 Å². The lowest BCUT2D eigenvalue weighted by Crippen LogP contribution is -2.30. The third-order valence-electron chi connectivity index (χ3n) is 2.73. The van der Waals surface area contributed by atoms with Gasteiger partial charge in [-0.05, 0) is 12.8 Å². The fraction of sp³-hybridized carbons (Fsp3) is 1.00. The van der Waals surface area contributed by atoms with Gasteiger partial charge in [-0.1, -0.05) is 61.1 Å². The fourth-order valence-electron chi connectivity index (χ4n) is 1.82. The minimum absolute atomic E-state index is 0.462. The Labute approximate surface area is 89.6 Å². The Morgan fingerprint density at radius 1 is 0.833 bits per heavy atom. The van der Waals surface area contributed by atoms with Crippen LogP contribution in [0.2, 0.25) is 0 Å². The number of halogens is 1. The molecule has 1 fully saturated rings. The highest BCUT2D eigenvalue weighted by atomic mass is 127. The average Bonchev–Trinajstić information content (AvgIpc) is 2.08. The zero-order valence-electron chi connectivity index (χ0n) is 7.77. The third kappa shape index (κ3) is 4.08. The van der Waals surface area contributed by atoms with Gasteiger partial charge < -0.3 is 5.73 Å². The summed E-state index contributed by atoms with van der Waals surface area (Å²) in [4.78, 5) is 0. The summed E-state index contributed by atoms with van der Waals surface area (Å²) < 4.78 is 0.723. The Hall–Kier alpha value is 0.690. The normalized spacial score (nSPS) is 34.5. The van der Waals surface area contributed by atoms with Crippen molar-refractivity contribution in [3.05, 3.63) is 0 Å². The van der Waals surface area contributed by atoms with Crippen molar-refractivity contribution in [1.29, 1.82) is 0 Å².